The first-order chi connectivity index (χ1) is 13.2. The van der Waals surface area contributed by atoms with Crippen molar-refractivity contribution in [3.05, 3.63) is 89.1 Å². The highest BCUT2D eigenvalue weighted by atomic mass is 35.5. The number of hydrogen-bond donors (Lipinski definition) is 1. The van der Waals surface area contributed by atoms with E-state index in [2.05, 4.69) is 16.4 Å². The van der Waals surface area contributed by atoms with Crippen LogP contribution < -0.4 is 10.2 Å². The van der Waals surface area contributed by atoms with Crippen LogP contribution in [0.2, 0.25) is 5.02 Å². The summed E-state index contributed by atoms with van der Waals surface area (Å²) in [6, 6.07) is 21.7. The van der Waals surface area contributed by atoms with E-state index in [0.29, 0.717) is 35.1 Å². The molecule has 0 unspecified atom stereocenters. The first-order valence-electron chi connectivity index (χ1n) is 8.41. The number of benzene rings is 2. The largest absolute Gasteiger partial charge is 0.337 e. The van der Waals surface area contributed by atoms with Gasteiger partial charge in [-0.3, -0.25) is 0 Å². The normalized spacial score (nSPS) is 10.1. The van der Waals surface area contributed by atoms with E-state index in [1.54, 1.807) is 30.5 Å². The molecule has 0 spiro atoms. The van der Waals surface area contributed by atoms with Crippen LogP contribution in [-0.4, -0.2) is 17.6 Å². The summed E-state index contributed by atoms with van der Waals surface area (Å²) in [6.45, 7) is 0.443. The molecule has 134 valence electrons. The number of pyridine rings is 1. The standard InChI is InChI=1S/C21H17ClN4O/c22-18-10-8-16(9-11-18)12-14-25-21(27)26(19-6-2-1-3-7-19)20-17(15-23)5-4-13-24-20/h1-11,13H,12,14H2,(H,25,27). The molecule has 0 atom stereocenters. The lowest BCUT2D eigenvalue weighted by Gasteiger charge is -2.23. The van der Waals surface area contributed by atoms with Gasteiger partial charge in [0.2, 0.25) is 0 Å². The number of nitriles is 1. The fraction of sp³-hybridized carbons (Fsp3) is 0.0952. The Morgan fingerprint density at radius 1 is 1.07 bits per heavy atom. The summed E-state index contributed by atoms with van der Waals surface area (Å²) in [7, 11) is 0. The lowest BCUT2D eigenvalue weighted by atomic mass is 10.1. The van der Waals surface area contributed by atoms with Crippen molar-refractivity contribution in [2.45, 2.75) is 6.42 Å². The summed E-state index contributed by atoms with van der Waals surface area (Å²) in [5.41, 5.74) is 2.03. The number of nitrogens with zero attached hydrogens (tertiary/aromatic N) is 3. The van der Waals surface area contributed by atoms with E-state index < -0.39 is 0 Å². The van der Waals surface area contributed by atoms with Crippen molar-refractivity contribution in [1.29, 1.82) is 5.26 Å². The summed E-state index contributed by atoms with van der Waals surface area (Å²) in [5, 5.41) is 13.0. The fourth-order valence-corrected chi connectivity index (χ4v) is 2.75. The molecular weight excluding hydrogens is 360 g/mol. The van der Waals surface area contributed by atoms with Gasteiger partial charge in [-0.15, -0.1) is 0 Å². The molecule has 5 nitrogen and oxygen atoms in total. The summed E-state index contributed by atoms with van der Waals surface area (Å²) in [4.78, 5) is 18.6. The molecule has 1 aromatic heterocycles. The SMILES string of the molecule is N#Cc1cccnc1N(C(=O)NCCc1ccc(Cl)cc1)c1ccccc1. The minimum atomic E-state index is -0.342. The number of para-hydroxylation sites is 1. The number of hydrogen-bond acceptors (Lipinski definition) is 3. The van der Waals surface area contributed by atoms with Crippen LogP contribution in [0, 0.1) is 11.3 Å². The highest BCUT2D eigenvalue weighted by Crippen LogP contribution is 2.26. The number of rotatable bonds is 5. The molecule has 0 saturated carbocycles. The quantitative estimate of drug-likeness (QED) is 0.701. The molecule has 0 saturated heterocycles. The third-order valence-electron chi connectivity index (χ3n) is 3.94. The van der Waals surface area contributed by atoms with Crippen molar-refractivity contribution in [2.75, 3.05) is 11.4 Å². The molecule has 1 N–H and O–H groups in total. The van der Waals surface area contributed by atoms with Crippen molar-refractivity contribution in [2.24, 2.45) is 0 Å². The predicted octanol–water partition coefficient (Wildman–Crippen LogP) is 4.70. The van der Waals surface area contributed by atoms with E-state index in [4.69, 9.17) is 11.6 Å². The molecule has 1 heterocycles. The average Bonchev–Trinajstić information content (AvgIpc) is 2.71. The average molecular weight is 377 g/mol. The monoisotopic (exact) mass is 376 g/mol. The lowest BCUT2D eigenvalue weighted by Crippen LogP contribution is -2.38. The van der Waals surface area contributed by atoms with Crippen molar-refractivity contribution in [3.8, 4) is 6.07 Å². The Morgan fingerprint density at radius 3 is 2.52 bits per heavy atom. The van der Waals surface area contributed by atoms with E-state index in [1.165, 1.54) is 4.90 Å². The van der Waals surface area contributed by atoms with Gasteiger partial charge >= 0.3 is 6.03 Å². The molecule has 0 fully saturated rings. The number of carbonyl (C=O) groups is 1. The van der Waals surface area contributed by atoms with Gasteiger partial charge in [0, 0.05) is 17.8 Å². The Hall–Kier alpha value is -3.36. The number of anilines is 2. The molecule has 0 radical (unpaired) electrons. The Labute approximate surface area is 162 Å². The smallest absolute Gasteiger partial charge is 0.327 e. The van der Waals surface area contributed by atoms with Crippen LogP contribution in [0.5, 0.6) is 0 Å². The van der Waals surface area contributed by atoms with Crippen LogP contribution in [-0.2, 0) is 6.42 Å². The topological polar surface area (TPSA) is 69.0 Å². The number of carbonyl (C=O) groups excluding carboxylic acids is 1. The third-order valence-corrected chi connectivity index (χ3v) is 4.19. The Morgan fingerprint density at radius 2 is 1.81 bits per heavy atom. The second-order valence-electron chi connectivity index (χ2n) is 5.77. The highest BCUT2D eigenvalue weighted by molar-refractivity contribution is 6.30. The number of nitrogens with one attached hydrogen (secondary N) is 1. The van der Waals surface area contributed by atoms with Crippen LogP contribution in [0.15, 0.2) is 72.9 Å². The first kappa shape index (κ1) is 18.4. The van der Waals surface area contributed by atoms with Gasteiger partial charge in [0.05, 0.1) is 11.3 Å². The maximum atomic E-state index is 12.9. The van der Waals surface area contributed by atoms with Crippen molar-refractivity contribution in [1.82, 2.24) is 10.3 Å². The van der Waals surface area contributed by atoms with E-state index in [0.717, 1.165) is 5.56 Å². The minimum Gasteiger partial charge on any atom is -0.337 e. The van der Waals surface area contributed by atoms with E-state index in [9.17, 15) is 10.1 Å². The molecule has 27 heavy (non-hydrogen) atoms. The zero-order valence-corrected chi connectivity index (χ0v) is 15.2. The molecule has 2 amide bonds. The van der Waals surface area contributed by atoms with Crippen LogP contribution >= 0.6 is 11.6 Å². The number of urea groups is 1. The third kappa shape index (κ3) is 4.63. The second-order valence-corrected chi connectivity index (χ2v) is 6.20. The van der Waals surface area contributed by atoms with Gasteiger partial charge in [-0.05, 0) is 48.4 Å². The van der Waals surface area contributed by atoms with E-state index >= 15 is 0 Å². The molecule has 0 aliphatic carbocycles. The number of aromatic nitrogens is 1. The van der Waals surface area contributed by atoms with Crippen molar-refractivity contribution < 1.29 is 4.79 Å². The molecule has 2 aromatic carbocycles. The van der Waals surface area contributed by atoms with Gasteiger partial charge in [-0.2, -0.15) is 5.26 Å². The van der Waals surface area contributed by atoms with Gasteiger partial charge in [0.25, 0.3) is 0 Å². The highest BCUT2D eigenvalue weighted by Gasteiger charge is 2.21. The fourth-order valence-electron chi connectivity index (χ4n) is 2.62. The van der Waals surface area contributed by atoms with Crippen LogP contribution in [0.3, 0.4) is 0 Å². The molecule has 0 bridgehead atoms. The molecule has 0 aliphatic rings. The maximum absolute atomic E-state index is 12.9. The molecule has 6 heteroatoms. The summed E-state index contributed by atoms with van der Waals surface area (Å²) in [6.07, 6.45) is 2.23. The summed E-state index contributed by atoms with van der Waals surface area (Å²) < 4.78 is 0. The van der Waals surface area contributed by atoms with Gasteiger partial charge < -0.3 is 5.32 Å². The van der Waals surface area contributed by atoms with Gasteiger partial charge in [-0.1, -0.05) is 41.9 Å². The number of halogens is 1. The lowest BCUT2D eigenvalue weighted by molar-refractivity contribution is 0.248. The molecule has 3 rings (SSSR count). The molecule has 3 aromatic rings. The molecule has 0 aliphatic heterocycles. The van der Waals surface area contributed by atoms with E-state index in [-0.39, 0.29) is 6.03 Å². The Bertz CT molecular complexity index is 952. The van der Waals surface area contributed by atoms with Crippen molar-refractivity contribution in [3.63, 3.8) is 0 Å². The van der Waals surface area contributed by atoms with Gasteiger partial charge in [0.1, 0.15) is 6.07 Å². The van der Waals surface area contributed by atoms with Gasteiger partial charge in [0.15, 0.2) is 5.82 Å². The predicted molar refractivity (Wildman–Crippen MR) is 106 cm³/mol. The van der Waals surface area contributed by atoms with Crippen LogP contribution in [0.1, 0.15) is 11.1 Å². The molecular formula is C21H17ClN4O. The van der Waals surface area contributed by atoms with Crippen LogP contribution in [0.4, 0.5) is 16.3 Å². The Balaban J connectivity index is 1.79. The van der Waals surface area contributed by atoms with Gasteiger partial charge in [-0.25, -0.2) is 14.7 Å². The maximum Gasteiger partial charge on any atom is 0.327 e. The summed E-state index contributed by atoms with van der Waals surface area (Å²) >= 11 is 5.89. The zero-order valence-electron chi connectivity index (χ0n) is 14.5. The number of amides is 2. The minimum absolute atomic E-state index is 0.301. The van der Waals surface area contributed by atoms with Crippen LogP contribution in [0.25, 0.3) is 0 Å². The Kier molecular flexibility index (Phi) is 6.03. The van der Waals surface area contributed by atoms with Crippen molar-refractivity contribution >= 4 is 29.1 Å². The summed E-state index contributed by atoms with van der Waals surface area (Å²) in [5.74, 6) is 0.301. The van der Waals surface area contributed by atoms with E-state index in [1.807, 2.05) is 42.5 Å². The zero-order chi connectivity index (χ0) is 19.1. The first-order valence-corrected chi connectivity index (χ1v) is 8.79. The second kappa shape index (κ2) is 8.84.